The molecular formula is C36H38F3N5O7. The molecule has 3 aromatic carbocycles. The summed E-state index contributed by atoms with van der Waals surface area (Å²) >= 11 is 0. The third kappa shape index (κ3) is 9.51. The highest BCUT2D eigenvalue weighted by Gasteiger charge is 2.37. The average Bonchev–Trinajstić information content (AvgIpc) is 3.56. The maximum Gasteiger partial charge on any atom is 0.420 e. The van der Waals surface area contributed by atoms with Crippen LogP contribution in [0.25, 0.3) is 0 Å². The van der Waals surface area contributed by atoms with Gasteiger partial charge in [-0.2, -0.15) is 0 Å². The first-order chi connectivity index (χ1) is 24.5. The number of amides is 3. The molecule has 51 heavy (non-hydrogen) atoms. The first-order valence-corrected chi connectivity index (χ1v) is 16.2. The largest absolute Gasteiger partial charge is 0.452 e. The van der Waals surface area contributed by atoms with Crippen molar-refractivity contribution in [1.29, 1.82) is 0 Å². The normalized spacial score (nSPS) is 16.4. The van der Waals surface area contributed by atoms with Crippen molar-refractivity contribution in [3.05, 3.63) is 118 Å². The number of anilines is 1. The number of halogens is 3. The fourth-order valence-corrected chi connectivity index (χ4v) is 5.80. The van der Waals surface area contributed by atoms with E-state index in [2.05, 4.69) is 15.8 Å². The van der Waals surface area contributed by atoms with Crippen LogP contribution in [-0.4, -0.2) is 68.3 Å². The quantitative estimate of drug-likeness (QED) is 0.185. The van der Waals surface area contributed by atoms with Gasteiger partial charge >= 0.3 is 12.2 Å². The van der Waals surface area contributed by atoms with E-state index in [-0.39, 0.29) is 49.6 Å². The molecule has 1 aromatic heterocycles. The molecular weight excluding hydrogens is 671 g/mol. The maximum atomic E-state index is 15.5. The van der Waals surface area contributed by atoms with Gasteiger partial charge in [0.05, 0.1) is 44.1 Å². The van der Waals surface area contributed by atoms with E-state index in [9.17, 15) is 23.2 Å². The molecule has 12 nitrogen and oxygen atoms in total. The molecule has 1 aliphatic heterocycles. The van der Waals surface area contributed by atoms with Crippen molar-refractivity contribution in [2.45, 2.75) is 50.4 Å². The van der Waals surface area contributed by atoms with Crippen LogP contribution < -0.4 is 21.3 Å². The van der Waals surface area contributed by atoms with E-state index in [1.165, 1.54) is 66.7 Å². The number of rotatable bonds is 12. The molecule has 5 rings (SSSR count). The van der Waals surface area contributed by atoms with Gasteiger partial charge in [0.15, 0.2) is 0 Å². The van der Waals surface area contributed by atoms with Crippen molar-refractivity contribution in [2.24, 2.45) is 5.73 Å². The van der Waals surface area contributed by atoms with Gasteiger partial charge in [0.2, 0.25) is 0 Å². The van der Waals surface area contributed by atoms with Gasteiger partial charge in [0.25, 0.3) is 5.91 Å². The first-order valence-electron chi connectivity index (χ1n) is 16.2. The highest BCUT2D eigenvalue weighted by molar-refractivity contribution is 6.15. The van der Waals surface area contributed by atoms with Crippen LogP contribution in [0.1, 0.15) is 40.5 Å². The van der Waals surface area contributed by atoms with E-state index in [0.29, 0.717) is 40.4 Å². The molecule has 0 spiro atoms. The highest BCUT2D eigenvalue weighted by Crippen LogP contribution is 2.32. The van der Waals surface area contributed by atoms with Crippen LogP contribution in [0.2, 0.25) is 0 Å². The molecule has 4 aromatic rings. The van der Waals surface area contributed by atoms with Gasteiger partial charge in [-0.15, -0.1) is 0 Å². The zero-order valence-corrected chi connectivity index (χ0v) is 27.9. The van der Waals surface area contributed by atoms with Crippen molar-refractivity contribution in [2.75, 3.05) is 31.8 Å². The zero-order valence-electron chi connectivity index (χ0n) is 27.9. The second kappa shape index (κ2) is 17.1. The lowest BCUT2D eigenvalue weighted by Gasteiger charge is -2.31. The Morgan fingerprint density at radius 2 is 1.71 bits per heavy atom. The lowest BCUT2D eigenvalue weighted by Crippen LogP contribution is -2.50. The number of nitrogens with two attached hydrogens (primary N) is 1. The Kier molecular flexibility index (Phi) is 12.4. The molecule has 15 heteroatoms. The van der Waals surface area contributed by atoms with E-state index < -0.39 is 47.5 Å². The highest BCUT2D eigenvalue weighted by atomic mass is 19.1. The number of nitrogens with one attached hydrogen (secondary N) is 2. The van der Waals surface area contributed by atoms with E-state index in [4.69, 9.17) is 24.5 Å². The number of methoxy groups -OCH3 is 1. The molecule has 1 saturated heterocycles. The summed E-state index contributed by atoms with van der Waals surface area (Å²) < 4.78 is 64.2. The van der Waals surface area contributed by atoms with Crippen LogP contribution >= 0.6 is 0 Å². The second-order valence-electron chi connectivity index (χ2n) is 12.0. The minimum Gasteiger partial charge on any atom is -0.452 e. The third-order valence-corrected chi connectivity index (χ3v) is 8.40. The lowest BCUT2D eigenvalue weighted by molar-refractivity contribution is -0.119. The van der Waals surface area contributed by atoms with Gasteiger partial charge in [-0.05, 0) is 67.3 Å². The minimum atomic E-state index is -1.46. The van der Waals surface area contributed by atoms with Crippen molar-refractivity contribution in [3.8, 4) is 0 Å². The molecule has 1 aliphatic rings. The Labute approximate surface area is 292 Å². The summed E-state index contributed by atoms with van der Waals surface area (Å²) in [6.07, 6.45) is -1.73. The summed E-state index contributed by atoms with van der Waals surface area (Å²) in [6.45, 7) is 2.51. The number of alkyl carbamates (subject to hydrolysis) is 1. The predicted molar refractivity (Wildman–Crippen MR) is 178 cm³/mol. The van der Waals surface area contributed by atoms with E-state index in [1.54, 1.807) is 13.0 Å². The molecule has 0 saturated carbocycles. The SMILES string of the molecule is COC(=O)N(C(=O)[C@@H](N)C(c1ccc(F)cc1)c1ccc(F)cc1)c1cccc(F)c1CC[C@@H]1CN[C@H](COC(=O)NCc2cc(C)on2)CO1. The fourth-order valence-electron chi connectivity index (χ4n) is 5.80. The Bertz CT molecular complexity index is 1750. The van der Waals surface area contributed by atoms with E-state index in [1.807, 2.05) is 0 Å². The van der Waals surface area contributed by atoms with Gasteiger partial charge in [0, 0.05) is 24.1 Å². The minimum absolute atomic E-state index is 0.0428. The number of ether oxygens (including phenoxy) is 3. The molecule has 0 radical (unpaired) electrons. The van der Waals surface area contributed by atoms with Crippen LogP contribution in [-0.2, 0) is 32.0 Å². The Morgan fingerprint density at radius 3 is 2.27 bits per heavy atom. The van der Waals surface area contributed by atoms with Crippen LogP contribution in [0.15, 0.2) is 77.3 Å². The number of nitrogens with zero attached hydrogens (tertiary/aromatic N) is 2. The monoisotopic (exact) mass is 709 g/mol. The predicted octanol–water partition coefficient (Wildman–Crippen LogP) is 4.88. The molecule has 3 amide bonds. The van der Waals surface area contributed by atoms with E-state index >= 15 is 4.39 Å². The third-order valence-electron chi connectivity index (χ3n) is 8.40. The molecule has 270 valence electrons. The molecule has 0 unspecified atom stereocenters. The number of aromatic nitrogens is 1. The number of carbonyl (C=O) groups is 3. The van der Waals surface area contributed by atoms with Gasteiger partial charge < -0.3 is 35.1 Å². The molecule has 4 N–H and O–H groups in total. The number of hydrogen-bond donors (Lipinski definition) is 3. The number of benzene rings is 3. The summed E-state index contributed by atoms with van der Waals surface area (Å²) in [5, 5.41) is 9.64. The van der Waals surface area contributed by atoms with Gasteiger partial charge in [-0.3, -0.25) is 4.79 Å². The second-order valence-corrected chi connectivity index (χ2v) is 12.0. The van der Waals surface area contributed by atoms with Crippen LogP contribution in [0.4, 0.5) is 28.4 Å². The van der Waals surface area contributed by atoms with Crippen molar-refractivity contribution >= 4 is 23.8 Å². The molecule has 1 fully saturated rings. The fraction of sp³-hybridized carbons (Fsp3) is 0.333. The number of morpholine rings is 1. The number of carbonyl (C=O) groups excluding carboxylic acids is 3. The van der Waals surface area contributed by atoms with Gasteiger partial charge in [-0.25, -0.2) is 27.7 Å². The summed E-state index contributed by atoms with van der Waals surface area (Å²) in [4.78, 5) is 40.1. The number of hydrogen-bond acceptors (Lipinski definition) is 10. The number of aryl methyl sites for hydroxylation is 1. The average molecular weight is 710 g/mol. The lowest BCUT2D eigenvalue weighted by atomic mass is 9.84. The summed E-state index contributed by atoms with van der Waals surface area (Å²) in [7, 11) is 1.08. The molecule has 0 bridgehead atoms. The molecule has 2 heterocycles. The van der Waals surface area contributed by atoms with Crippen LogP contribution in [0.5, 0.6) is 0 Å². The molecule has 3 atom stereocenters. The van der Waals surface area contributed by atoms with Gasteiger partial charge in [0.1, 0.15) is 35.5 Å². The summed E-state index contributed by atoms with van der Waals surface area (Å²) in [5.74, 6) is -2.95. The van der Waals surface area contributed by atoms with Crippen LogP contribution in [0.3, 0.4) is 0 Å². The van der Waals surface area contributed by atoms with Crippen LogP contribution in [0, 0.1) is 24.4 Å². The van der Waals surface area contributed by atoms with E-state index in [0.717, 1.165) is 7.11 Å². The number of imide groups is 1. The Hall–Kier alpha value is -5.25. The van der Waals surface area contributed by atoms with Crippen molar-refractivity contribution < 1.29 is 46.3 Å². The topological polar surface area (TPSA) is 158 Å². The standard InChI is InChI=1S/C36H38F3N5O7/c1-21-16-26(43-51-21)17-42-35(46)50-20-27-19-49-28(18-41-27)14-15-29-30(39)4-3-5-31(29)44(36(47)48-2)34(45)33(40)32(22-6-10-24(37)11-7-22)23-8-12-25(38)13-9-23/h3-13,16,27-28,32-33,41H,14-15,17-20,40H2,1-2H3,(H,42,46)/t27-,28+,33-/m0/s1. The zero-order chi connectivity index (χ0) is 36.5. The smallest absolute Gasteiger partial charge is 0.420 e. The first kappa shape index (κ1) is 37.0. The Balaban J connectivity index is 1.25. The van der Waals surface area contributed by atoms with Gasteiger partial charge in [-0.1, -0.05) is 35.5 Å². The maximum absolute atomic E-state index is 15.5. The van der Waals surface area contributed by atoms with Crippen molar-refractivity contribution in [3.63, 3.8) is 0 Å². The summed E-state index contributed by atoms with van der Waals surface area (Å²) in [5.41, 5.74) is 7.97. The molecule has 0 aliphatic carbocycles. The van der Waals surface area contributed by atoms with Crippen molar-refractivity contribution in [1.82, 2.24) is 15.8 Å². The Morgan fingerprint density at radius 1 is 1.04 bits per heavy atom. The summed E-state index contributed by atoms with van der Waals surface area (Å²) in [6, 6.07) is 14.5.